The van der Waals surface area contributed by atoms with E-state index in [1.165, 1.54) is 4.90 Å². The molecule has 0 bridgehead atoms. The van der Waals surface area contributed by atoms with Crippen molar-refractivity contribution in [2.75, 3.05) is 11.9 Å². The minimum atomic E-state index is -1.14. The Kier molecular flexibility index (Phi) is 5.51. The summed E-state index contributed by atoms with van der Waals surface area (Å²) in [5, 5.41) is 15.7. The molecule has 8 heteroatoms. The summed E-state index contributed by atoms with van der Waals surface area (Å²) < 4.78 is 5.40. The zero-order chi connectivity index (χ0) is 24.8. The van der Waals surface area contributed by atoms with Gasteiger partial charge in [-0.3, -0.25) is 9.59 Å². The Hall–Kier alpha value is -3.86. The molecule has 3 aliphatic rings. The summed E-state index contributed by atoms with van der Waals surface area (Å²) in [6.45, 7) is 4.20. The van der Waals surface area contributed by atoms with Gasteiger partial charge in [-0.15, -0.1) is 0 Å². The van der Waals surface area contributed by atoms with Crippen molar-refractivity contribution >= 4 is 23.6 Å². The second-order valence-corrected chi connectivity index (χ2v) is 10.1. The maximum atomic E-state index is 14.0. The van der Waals surface area contributed by atoms with Crippen molar-refractivity contribution in [2.45, 2.75) is 50.3 Å². The summed E-state index contributed by atoms with van der Waals surface area (Å²) in [7, 11) is 0. The Morgan fingerprint density at radius 3 is 2.57 bits per heavy atom. The molecule has 2 aliphatic heterocycles. The second kappa shape index (κ2) is 8.42. The van der Waals surface area contributed by atoms with E-state index in [0.29, 0.717) is 12.1 Å². The lowest BCUT2D eigenvalue weighted by molar-refractivity contribution is -0.135. The van der Waals surface area contributed by atoms with Crippen molar-refractivity contribution in [2.24, 2.45) is 11.8 Å². The fourth-order valence-electron chi connectivity index (χ4n) is 5.70. The van der Waals surface area contributed by atoms with Crippen LogP contribution in [0.5, 0.6) is 0 Å². The van der Waals surface area contributed by atoms with Gasteiger partial charge in [0.15, 0.2) is 0 Å². The first-order chi connectivity index (χ1) is 16.8. The van der Waals surface area contributed by atoms with Gasteiger partial charge < -0.3 is 20.3 Å². The minimum Gasteiger partial charge on any atom is -0.445 e. The highest BCUT2D eigenvalue weighted by Crippen LogP contribution is 2.53. The molecular weight excluding hydrogens is 444 g/mol. The van der Waals surface area contributed by atoms with Gasteiger partial charge in [-0.25, -0.2) is 4.79 Å². The summed E-state index contributed by atoms with van der Waals surface area (Å²) in [4.78, 5) is 41.3. The molecule has 5 rings (SSSR count). The quantitative estimate of drug-likeness (QED) is 0.693. The highest BCUT2D eigenvalue weighted by Gasteiger charge is 2.66. The lowest BCUT2D eigenvalue weighted by atomic mass is 9.80. The van der Waals surface area contributed by atoms with Crippen LogP contribution in [-0.2, 0) is 26.3 Å². The number of carbonyl (C=O) groups is 3. The summed E-state index contributed by atoms with van der Waals surface area (Å²) in [5.41, 5.74) is 0.255. The van der Waals surface area contributed by atoms with Gasteiger partial charge in [0.05, 0.1) is 11.5 Å². The largest absolute Gasteiger partial charge is 0.445 e. The topological polar surface area (TPSA) is 112 Å². The number of para-hydroxylation sites is 1. The average Bonchev–Trinajstić information content (AvgIpc) is 3.36. The number of likely N-dealkylation sites (tertiary alicyclic amines) is 1. The molecule has 2 unspecified atom stereocenters. The lowest BCUT2D eigenvalue weighted by Gasteiger charge is -2.28. The molecule has 8 nitrogen and oxygen atoms in total. The molecule has 2 heterocycles. The molecule has 1 aliphatic carbocycles. The van der Waals surface area contributed by atoms with E-state index >= 15 is 0 Å². The fourth-order valence-corrected chi connectivity index (χ4v) is 5.70. The number of ether oxygens (including phenoxy) is 1. The number of nitrogens with one attached hydrogen (secondary N) is 2. The van der Waals surface area contributed by atoms with Crippen LogP contribution in [-0.4, -0.2) is 40.9 Å². The van der Waals surface area contributed by atoms with Gasteiger partial charge >= 0.3 is 6.09 Å². The lowest BCUT2D eigenvalue weighted by Crippen LogP contribution is -2.54. The zero-order valence-corrected chi connectivity index (χ0v) is 19.8. The molecular formula is C27H28N4O4. The number of amides is 3. The molecule has 35 heavy (non-hydrogen) atoms. The number of nitriles is 1. The van der Waals surface area contributed by atoms with Crippen molar-refractivity contribution in [3.8, 4) is 6.07 Å². The van der Waals surface area contributed by atoms with Crippen molar-refractivity contribution in [1.29, 1.82) is 5.26 Å². The Bertz CT molecular complexity index is 1220. The highest BCUT2D eigenvalue weighted by atomic mass is 16.5. The normalized spacial score (nSPS) is 28.4. The van der Waals surface area contributed by atoms with Crippen LogP contribution in [0.25, 0.3) is 0 Å². The Labute approximate surface area is 204 Å². The first-order valence-electron chi connectivity index (χ1n) is 11.9. The van der Waals surface area contributed by atoms with Crippen LogP contribution < -0.4 is 10.6 Å². The molecule has 2 aromatic carbocycles. The second-order valence-electron chi connectivity index (χ2n) is 10.1. The fraction of sp³-hybridized carbons (Fsp3) is 0.407. The van der Waals surface area contributed by atoms with E-state index in [0.717, 1.165) is 11.1 Å². The minimum absolute atomic E-state index is 0.0835. The number of fused-ring (bicyclic) bond motifs is 2. The molecule has 2 aromatic rings. The SMILES string of the molecule is CC(C)C1CC1(NC(=O)OCc1ccccc1)C(=O)N1C[C@]2(C[C@H]1C#N)C(=O)Nc1ccccc12. The number of rotatable bonds is 5. The molecule has 1 saturated heterocycles. The van der Waals surface area contributed by atoms with Gasteiger partial charge in [0.2, 0.25) is 11.8 Å². The van der Waals surface area contributed by atoms with Gasteiger partial charge in [-0.1, -0.05) is 62.4 Å². The Balaban J connectivity index is 1.38. The summed E-state index contributed by atoms with van der Waals surface area (Å²) in [6, 6.07) is 18.2. The molecule has 0 aromatic heterocycles. The number of hydrogen-bond acceptors (Lipinski definition) is 5. The smallest absolute Gasteiger partial charge is 0.408 e. The standard InChI is InChI=1S/C27H28N4O4/c1-17(2)21-13-27(21,30-25(34)35-15-18-8-4-3-5-9-18)24(33)31-16-26(12-19(31)14-28)20-10-6-7-11-22(20)29-23(26)32/h3-11,17,19,21H,12-13,15-16H2,1-2H3,(H,29,32)(H,30,34)/t19-,21?,26-,27?/m0/s1. The number of carbonyl (C=O) groups excluding carboxylic acids is 3. The molecule has 2 fully saturated rings. The number of anilines is 1. The van der Waals surface area contributed by atoms with Crippen LogP contribution in [0.2, 0.25) is 0 Å². The predicted octanol–water partition coefficient (Wildman–Crippen LogP) is 3.34. The van der Waals surface area contributed by atoms with E-state index in [4.69, 9.17) is 4.74 Å². The molecule has 4 atom stereocenters. The molecule has 1 saturated carbocycles. The number of benzene rings is 2. The predicted molar refractivity (Wildman–Crippen MR) is 128 cm³/mol. The Morgan fingerprint density at radius 2 is 1.89 bits per heavy atom. The maximum absolute atomic E-state index is 14.0. The molecule has 3 amide bonds. The van der Waals surface area contributed by atoms with Gasteiger partial charge in [0, 0.05) is 18.7 Å². The monoisotopic (exact) mass is 472 g/mol. The number of nitrogens with zero attached hydrogens (tertiary/aromatic N) is 2. The summed E-state index contributed by atoms with van der Waals surface area (Å²) >= 11 is 0. The third-order valence-electron chi connectivity index (χ3n) is 7.63. The van der Waals surface area contributed by atoms with E-state index in [9.17, 15) is 19.6 Å². The van der Waals surface area contributed by atoms with Crippen molar-refractivity contribution in [1.82, 2.24) is 10.2 Å². The van der Waals surface area contributed by atoms with E-state index in [2.05, 4.69) is 16.7 Å². The van der Waals surface area contributed by atoms with Crippen LogP contribution in [0.3, 0.4) is 0 Å². The average molecular weight is 473 g/mol. The molecule has 2 N–H and O–H groups in total. The van der Waals surface area contributed by atoms with E-state index in [-0.39, 0.29) is 43.2 Å². The summed E-state index contributed by atoms with van der Waals surface area (Å²) in [5.74, 6) is -0.468. The maximum Gasteiger partial charge on any atom is 0.408 e. The highest BCUT2D eigenvalue weighted by molar-refractivity contribution is 6.07. The molecule has 0 radical (unpaired) electrons. The van der Waals surface area contributed by atoms with Crippen molar-refractivity contribution in [3.05, 3.63) is 65.7 Å². The number of hydrogen-bond donors (Lipinski definition) is 2. The van der Waals surface area contributed by atoms with Gasteiger partial charge in [0.25, 0.3) is 0 Å². The van der Waals surface area contributed by atoms with Crippen LogP contribution in [0, 0.1) is 23.2 Å². The van der Waals surface area contributed by atoms with E-state index in [1.54, 1.807) is 0 Å². The van der Waals surface area contributed by atoms with E-state index in [1.807, 2.05) is 68.4 Å². The summed E-state index contributed by atoms with van der Waals surface area (Å²) in [6.07, 6.45) is 0.0181. The van der Waals surface area contributed by atoms with Crippen LogP contribution >= 0.6 is 0 Å². The molecule has 1 spiro atoms. The third kappa shape index (κ3) is 3.72. The third-order valence-corrected chi connectivity index (χ3v) is 7.63. The van der Waals surface area contributed by atoms with Gasteiger partial charge in [-0.2, -0.15) is 5.26 Å². The molecule has 180 valence electrons. The Morgan fingerprint density at radius 1 is 1.17 bits per heavy atom. The van der Waals surface area contributed by atoms with Crippen molar-refractivity contribution < 1.29 is 19.1 Å². The van der Waals surface area contributed by atoms with Crippen molar-refractivity contribution in [3.63, 3.8) is 0 Å². The van der Waals surface area contributed by atoms with Crippen LogP contribution in [0.15, 0.2) is 54.6 Å². The first-order valence-corrected chi connectivity index (χ1v) is 11.9. The van der Waals surface area contributed by atoms with Gasteiger partial charge in [-0.05, 0) is 35.4 Å². The van der Waals surface area contributed by atoms with E-state index < -0.39 is 23.1 Å². The van der Waals surface area contributed by atoms with Gasteiger partial charge in [0.1, 0.15) is 18.2 Å². The van der Waals surface area contributed by atoms with Crippen LogP contribution in [0.4, 0.5) is 10.5 Å². The first kappa shape index (κ1) is 22.9. The zero-order valence-electron chi connectivity index (χ0n) is 19.8. The van der Waals surface area contributed by atoms with Crippen LogP contribution in [0.1, 0.15) is 37.8 Å². The number of alkyl carbamates (subject to hydrolysis) is 1.